The summed E-state index contributed by atoms with van der Waals surface area (Å²) in [5.74, 6) is 0.209. The minimum Gasteiger partial charge on any atom is -0.469 e. The number of aromatic nitrogens is 1. The van der Waals surface area contributed by atoms with Gasteiger partial charge in [0.15, 0.2) is 5.58 Å². The average Bonchev–Trinajstić information content (AvgIpc) is 2.94. The number of furan rings is 1. The van der Waals surface area contributed by atoms with Crippen molar-refractivity contribution in [2.75, 3.05) is 5.32 Å². The molecule has 2 heterocycles. The molecule has 3 aromatic rings. The summed E-state index contributed by atoms with van der Waals surface area (Å²) >= 11 is 5.85. The molecule has 5 nitrogen and oxygen atoms in total. The van der Waals surface area contributed by atoms with Crippen LogP contribution in [0.3, 0.4) is 0 Å². The Balaban J connectivity index is 1.89. The second kappa shape index (κ2) is 4.44. The highest BCUT2D eigenvalue weighted by Crippen LogP contribution is 2.22. The minimum atomic E-state index is -0.330. The molecule has 1 aromatic carbocycles. The molecule has 0 saturated heterocycles. The summed E-state index contributed by atoms with van der Waals surface area (Å²) in [5.41, 5.74) is 1.59. The first-order chi connectivity index (χ1) is 9.13. The van der Waals surface area contributed by atoms with Gasteiger partial charge in [0.05, 0.1) is 11.8 Å². The third-order valence-electron chi connectivity index (χ3n) is 2.67. The van der Waals surface area contributed by atoms with Crippen molar-refractivity contribution in [1.82, 2.24) is 4.98 Å². The number of benzene rings is 1. The van der Waals surface area contributed by atoms with E-state index in [4.69, 9.17) is 20.4 Å². The van der Waals surface area contributed by atoms with E-state index in [1.807, 2.05) is 0 Å². The van der Waals surface area contributed by atoms with Crippen LogP contribution in [0.4, 0.5) is 6.01 Å². The van der Waals surface area contributed by atoms with E-state index in [-0.39, 0.29) is 11.9 Å². The molecule has 6 heteroatoms. The van der Waals surface area contributed by atoms with E-state index in [0.717, 1.165) is 0 Å². The van der Waals surface area contributed by atoms with E-state index in [0.29, 0.717) is 27.4 Å². The lowest BCUT2D eigenvalue weighted by Gasteiger charge is -1.97. The number of nitrogens with zero attached hydrogens (tertiary/aromatic N) is 1. The van der Waals surface area contributed by atoms with Crippen LogP contribution in [0.5, 0.6) is 0 Å². The molecule has 96 valence electrons. The molecule has 0 aliphatic carbocycles. The molecule has 19 heavy (non-hydrogen) atoms. The molecule has 0 atom stereocenters. The quantitative estimate of drug-likeness (QED) is 0.776. The van der Waals surface area contributed by atoms with E-state index < -0.39 is 0 Å². The zero-order valence-electron chi connectivity index (χ0n) is 9.94. The molecule has 2 aromatic heterocycles. The van der Waals surface area contributed by atoms with Gasteiger partial charge in [0, 0.05) is 5.02 Å². The topological polar surface area (TPSA) is 68.3 Å². The standard InChI is InChI=1S/C13H9ClN2O3/c1-7-9(4-5-18-7)12(17)16-13-15-10-6-8(14)2-3-11(10)19-13/h2-6H,1H3,(H,15,16,17). The molecule has 0 saturated carbocycles. The number of fused-ring (bicyclic) bond motifs is 1. The lowest BCUT2D eigenvalue weighted by Crippen LogP contribution is -2.12. The largest absolute Gasteiger partial charge is 0.469 e. The molecule has 1 N–H and O–H groups in total. The fourth-order valence-corrected chi connectivity index (χ4v) is 1.91. The number of rotatable bonds is 2. The van der Waals surface area contributed by atoms with Crippen LogP contribution in [0.2, 0.25) is 5.02 Å². The number of nitrogens with one attached hydrogen (secondary N) is 1. The van der Waals surface area contributed by atoms with Crippen molar-refractivity contribution < 1.29 is 13.6 Å². The summed E-state index contributed by atoms with van der Waals surface area (Å²) in [6, 6.07) is 6.77. The van der Waals surface area contributed by atoms with Gasteiger partial charge in [-0.2, -0.15) is 4.98 Å². The summed E-state index contributed by atoms with van der Waals surface area (Å²) in [4.78, 5) is 16.1. The summed E-state index contributed by atoms with van der Waals surface area (Å²) in [5, 5.41) is 3.13. The van der Waals surface area contributed by atoms with Crippen LogP contribution in [0, 0.1) is 6.92 Å². The van der Waals surface area contributed by atoms with Crippen molar-refractivity contribution >= 4 is 34.6 Å². The highest BCUT2D eigenvalue weighted by molar-refractivity contribution is 6.31. The molecule has 0 radical (unpaired) electrons. The zero-order valence-corrected chi connectivity index (χ0v) is 10.7. The minimum absolute atomic E-state index is 0.128. The predicted molar refractivity (Wildman–Crippen MR) is 70.4 cm³/mol. The number of aryl methyl sites for hydroxylation is 1. The van der Waals surface area contributed by atoms with Crippen LogP contribution >= 0.6 is 11.6 Å². The Morgan fingerprint density at radius 2 is 2.21 bits per heavy atom. The van der Waals surface area contributed by atoms with E-state index in [1.54, 1.807) is 31.2 Å². The fraction of sp³-hybridized carbons (Fsp3) is 0.0769. The van der Waals surface area contributed by atoms with Gasteiger partial charge in [-0.05, 0) is 31.2 Å². The van der Waals surface area contributed by atoms with Crippen LogP contribution in [-0.4, -0.2) is 10.9 Å². The third-order valence-corrected chi connectivity index (χ3v) is 2.91. The van der Waals surface area contributed by atoms with Crippen LogP contribution in [0.25, 0.3) is 11.1 Å². The SMILES string of the molecule is Cc1occc1C(=O)Nc1nc2cc(Cl)ccc2o1. The fourth-order valence-electron chi connectivity index (χ4n) is 1.74. The highest BCUT2D eigenvalue weighted by atomic mass is 35.5. The Labute approximate surface area is 113 Å². The summed E-state index contributed by atoms with van der Waals surface area (Å²) in [7, 11) is 0. The normalized spacial score (nSPS) is 10.8. The van der Waals surface area contributed by atoms with E-state index >= 15 is 0 Å². The number of amides is 1. The predicted octanol–water partition coefficient (Wildman–Crippen LogP) is 3.63. The van der Waals surface area contributed by atoms with Crippen molar-refractivity contribution in [1.29, 1.82) is 0 Å². The third kappa shape index (κ3) is 2.20. The molecule has 0 aliphatic rings. The van der Waals surface area contributed by atoms with Crippen LogP contribution in [0.15, 0.2) is 39.4 Å². The molecule has 0 unspecified atom stereocenters. The molecule has 0 aliphatic heterocycles. The molecule has 1 amide bonds. The highest BCUT2D eigenvalue weighted by Gasteiger charge is 2.14. The van der Waals surface area contributed by atoms with Crippen molar-refractivity contribution in [2.24, 2.45) is 0 Å². The van der Waals surface area contributed by atoms with Gasteiger partial charge in [-0.1, -0.05) is 11.6 Å². The van der Waals surface area contributed by atoms with Gasteiger partial charge < -0.3 is 8.83 Å². The molecule has 0 fully saturated rings. The van der Waals surface area contributed by atoms with Crippen LogP contribution in [0.1, 0.15) is 16.1 Å². The summed E-state index contributed by atoms with van der Waals surface area (Å²) < 4.78 is 10.5. The first-order valence-electron chi connectivity index (χ1n) is 5.55. The zero-order chi connectivity index (χ0) is 13.4. The Morgan fingerprint density at radius 1 is 1.37 bits per heavy atom. The molecular formula is C13H9ClN2O3. The average molecular weight is 277 g/mol. The maximum absolute atomic E-state index is 11.9. The summed E-state index contributed by atoms with van der Waals surface area (Å²) in [6.45, 7) is 1.71. The number of hydrogen-bond acceptors (Lipinski definition) is 4. The number of halogens is 1. The lowest BCUT2D eigenvalue weighted by molar-refractivity contribution is 0.102. The smallest absolute Gasteiger partial charge is 0.302 e. The van der Waals surface area contributed by atoms with Gasteiger partial charge in [-0.3, -0.25) is 10.1 Å². The van der Waals surface area contributed by atoms with E-state index in [9.17, 15) is 4.79 Å². The van der Waals surface area contributed by atoms with Gasteiger partial charge in [0.25, 0.3) is 5.91 Å². The Kier molecular flexibility index (Phi) is 2.76. The van der Waals surface area contributed by atoms with Gasteiger partial charge >= 0.3 is 6.01 Å². The molecular weight excluding hydrogens is 268 g/mol. The Morgan fingerprint density at radius 3 is 2.95 bits per heavy atom. The van der Waals surface area contributed by atoms with Crippen LogP contribution < -0.4 is 5.32 Å². The molecule has 0 bridgehead atoms. The number of carbonyl (C=O) groups is 1. The van der Waals surface area contributed by atoms with Gasteiger partial charge in [-0.15, -0.1) is 0 Å². The lowest BCUT2D eigenvalue weighted by atomic mass is 10.2. The van der Waals surface area contributed by atoms with Gasteiger partial charge in [0.2, 0.25) is 0 Å². The number of hydrogen-bond donors (Lipinski definition) is 1. The number of carbonyl (C=O) groups excluding carboxylic acids is 1. The van der Waals surface area contributed by atoms with Crippen molar-refractivity contribution in [3.8, 4) is 0 Å². The monoisotopic (exact) mass is 276 g/mol. The summed E-state index contributed by atoms with van der Waals surface area (Å²) in [6.07, 6.45) is 1.45. The first kappa shape index (κ1) is 11.8. The van der Waals surface area contributed by atoms with Gasteiger partial charge in [0.1, 0.15) is 11.3 Å². The second-order valence-electron chi connectivity index (χ2n) is 3.98. The Bertz CT molecular complexity index is 760. The maximum atomic E-state index is 11.9. The van der Waals surface area contributed by atoms with Crippen LogP contribution in [-0.2, 0) is 0 Å². The van der Waals surface area contributed by atoms with E-state index in [1.165, 1.54) is 6.26 Å². The van der Waals surface area contributed by atoms with Crippen molar-refractivity contribution in [3.05, 3.63) is 46.9 Å². The number of oxazole rings is 1. The Hall–Kier alpha value is -2.27. The van der Waals surface area contributed by atoms with E-state index in [2.05, 4.69) is 10.3 Å². The van der Waals surface area contributed by atoms with Crippen molar-refractivity contribution in [2.45, 2.75) is 6.92 Å². The second-order valence-corrected chi connectivity index (χ2v) is 4.41. The maximum Gasteiger partial charge on any atom is 0.302 e. The first-order valence-corrected chi connectivity index (χ1v) is 5.93. The molecule has 3 rings (SSSR count). The molecule has 0 spiro atoms. The van der Waals surface area contributed by atoms with Crippen molar-refractivity contribution in [3.63, 3.8) is 0 Å². The van der Waals surface area contributed by atoms with Gasteiger partial charge in [-0.25, -0.2) is 0 Å². The number of anilines is 1.